The molecule has 4 heteroatoms. The first-order valence-electron chi connectivity index (χ1n) is 3.10. The molecule has 2 nitrogen and oxygen atoms in total. The quantitative estimate of drug-likeness (QED) is 0.477. The fourth-order valence-electron chi connectivity index (χ4n) is 0.759. The standard InChI is InChI=1S/C6H14O2SSi/c1-6(2,5-9)10(7-3)8-4/h5,10H,1-4H3. The molecule has 0 unspecified atom stereocenters. The van der Waals surface area contributed by atoms with Crippen molar-refractivity contribution in [2.24, 2.45) is 0 Å². The van der Waals surface area contributed by atoms with E-state index in [1.54, 1.807) is 19.6 Å². The van der Waals surface area contributed by atoms with Crippen LogP contribution in [-0.4, -0.2) is 28.9 Å². The van der Waals surface area contributed by atoms with Gasteiger partial charge in [0.2, 0.25) is 0 Å². The predicted octanol–water partition coefficient (Wildman–Crippen LogP) is 1.28. The Morgan fingerprint density at radius 1 is 1.30 bits per heavy atom. The van der Waals surface area contributed by atoms with Crippen LogP contribution in [0.25, 0.3) is 0 Å². The van der Waals surface area contributed by atoms with Crippen LogP contribution in [-0.2, 0) is 8.85 Å². The first-order chi connectivity index (χ1) is 4.58. The molecule has 0 spiro atoms. The van der Waals surface area contributed by atoms with Gasteiger partial charge in [0.1, 0.15) is 0 Å². The minimum atomic E-state index is -1.56. The maximum absolute atomic E-state index is 5.17. The van der Waals surface area contributed by atoms with Gasteiger partial charge < -0.3 is 8.85 Å². The first-order valence-corrected chi connectivity index (χ1v) is 5.09. The summed E-state index contributed by atoms with van der Waals surface area (Å²) in [5.41, 5.74) is 0. The van der Waals surface area contributed by atoms with E-state index >= 15 is 0 Å². The molecule has 0 aliphatic rings. The summed E-state index contributed by atoms with van der Waals surface area (Å²) in [5.74, 6) is 0. The maximum atomic E-state index is 5.17. The largest absolute Gasteiger partial charge is 0.399 e. The molecule has 0 aromatic heterocycles. The van der Waals surface area contributed by atoms with Crippen molar-refractivity contribution in [1.29, 1.82) is 0 Å². The summed E-state index contributed by atoms with van der Waals surface area (Å²) in [6.07, 6.45) is 0. The van der Waals surface area contributed by atoms with Crippen LogP contribution in [0.3, 0.4) is 0 Å². The highest BCUT2D eigenvalue weighted by atomic mass is 32.1. The SMILES string of the molecule is CO[SiH](OC)C(C)(C)C=S. The molecular weight excluding hydrogens is 164 g/mol. The van der Waals surface area contributed by atoms with Crippen LogP contribution in [0.1, 0.15) is 13.8 Å². The van der Waals surface area contributed by atoms with Crippen molar-refractivity contribution >= 4 is 26.9 Å². The van der Waals surface area contributed by atoms with Gasteiger partial charge >= 0.3 is 9.28 Å². The van der Waals surface area contributed by atoms with Crippen molar-refractivity contribution in [2.75, 3.05) is 14.2 Å². The van der Waals surface area contributed by atoms with Crippen LogP contribution in [0.4, 0.5) is 0 Å². The van der Waals surface area contributed by atoms with E-state index in [2.05, 4.69) is 0 Å². The zero-order valence-corrected chi connectivity index (χ0v) is 8.85. The Hall–Kier alpha value is 0.227. The molecule has 0 amide bonds. The fourth-order valence-corrected chi connectivity index (χ4v) is 2.61. The van der Waals surface area contributed by atoms with E-state index in [9.17, 15) is 0 Å². The summed E-state index contributed by atoms with van der Waals surface area (Å²) in [6.45, 7) is 4.06. The van der Waals surface area contributed by atoms with E-state index in [1.165, 1.54) is 0 Å². The van der Waals surface area contributed by atoms with Gasteiger partial charge in [-0.2, -0.15) is 0 Å². The van der Waals surface area contributed by atoms with Crippen molar-refractivity contribution in [3.63, 3.8) is 0 Å². The van der Waals surface area contributed by atoms with Crippen molar-refractivity contribution < 1.29 is 8.85 Å². The molecule has 0 heterocycles. The molecular formula is C6H14O2SSi. The highest BCUT2D eigenvalue weighted by Crippen LogP contribution is 2.25. The van der Waals surface area contributed by atoms with Crippen molar-refractivity contribution in [1.82, 2.24) is 0 Å². The molecule has 0 atom stereocenters. The van der Waals surface area contributed by atoms with E-state index in [-0.39, 0.29) is 5.04 Å². The Labute approximate surface area is 69.4 Å². The number of thiocarbonyl (C=S) groups is 1. The number of hydrogen-bond donors (Lipinski definition) is 0. The zero-order chi connectivity index (χ0) is 8.20. The van der Waals surface area contributed by atoms with E-state index < -0.39 is 9.28 Å². The average Bonchev–Trinajstić information content (AvgIpc) is 1.90. The third-order valence-corrected chi connectivity index (χ3v) is 4.43. The Balaban J connectivity index is 4.10. The lowest BCUT2D eigenvalue weighted by Gasteiger charge is -2.24. The summed E-state index contributed by atoms with van der Waals surface area (Å²) in [5, 5.41) is 1.66. The third-order valence-electron chi connectivity index (χ3n) is 1.34. The van der Waals surface area contributed by atoms with Crippen LogP contribution in [0, 0.1) is 0 Å². The molecule has 0 aromatic carbocycles. The molecule has 0 N–H and O–H groups in total. The van der Waals surface area contributed by atoms with E-state index in [0.717, 1.165) is 0 Å². The lowest BCUT2D eigenvalue weighted by atomic mass is 10.2. The molecule has 10 heavy (non-hydrogen) atoms. The molecule has 0 aliphatic carbocycles. The minimum Gasteiger partial charge on any atom is -0.399 e. The van der Waals surface area contributed by atoms with Gasteiger partial charge in [-0.25, -0.2) is 0 Å². The second-order valence-electron chi connectivity index (χ2n) is 2.74. The van der Waals surface area contributed by atoms with Crippen LogP contribution in [0.15, 0.2) is 0 Å². The minimum absolute atomic E-state index is 0.0567. The Bertz CT molecular complexity index is 112. The molecule has 0 aliphatic heterocycles. The molecule has 60 valence electrons. The second-order valence-corrected chi connectivity index (χ2v) is 6.07. The molecule has 0 rings (SSSR count). The highest BCUT2D eigenvalue weighted by Gasteiger charge is 2.30. The monoisotopic (exact) mass is 178 g/mol. The number of hydrogen-bond acceptors (Lipinski definition) is 3. The van der Waals surface area contributed by atoms with Crippen molar-refractivity contribution in [3.05, 3.63) is 0 Å². The fraction of sp³-hybridized carbons (Fsp3) is 0.833. The molecule has 0 fully saturated rings. The van der Waals surface area contributed by atoms with Crippen molar-refractivity contribution in [2.45, 2.75) is 18.9 Å². The maximum Gasteiger partial charge on any atom is 0.331 e. The molecule has 0 saturated carbocycles. The van der Waals surface area contributed by atoms with Gasteiger partial charge in [0.25, 0.3) is 0 Å². The van der Waals surface area contributed by atoms with Gasteiger partial charge in [-0.3, -0.25) is 0 Å². The highest BCUT2D eigenvalue weighted by molar-refractivity contribution is 7.79. The topological polar surface area (TPSA) is 18.5 Å². The van der Waals surface area contributed by atoms with Gasteiger partial charge in [0.05, 0.1) is 0 Å². The van der Waals surface area contributed by atoms with Gasteiger partial charge in [-0.05, 0) is 5.37 Å². The summed E-state index contributed by atoms with van der Waals surface area (Å²) >= 11 is 4.85. The lowest BCUT2D eigenvalue weighted by molar-refractivity contribution is 0.262. The smallest absolute Gasteiger partial charge is 0.331 e. The molecule has 0 saturated heterocycles. The molecule has 0 radical (unpaired) electrons. The second kappa shape index (κ2) is 4.18. The third kappa shape index (κ3) is 2.46. The predicted molar refractivity (Wildman–Crippen MR) is 48.9 cm³/mol. The van der Waals surface area contributed by atoms with Gasteiger partial charge in [0, 0.05) is 19.3 Å². The Kier molecular flexibility index (Phi) is 4.27. The molecule has 0 bridgehead atoms. The Morgan fingerprint density at radius 2 is 1.70 bits per heavy atom. The van der Waals surface area contributed by atoms with Crippen LogP contribution in [0.2, 0.25) is 5.04 Å². The number of rotatable bonds is 4. The van der Waals surface area contributed by atoms with E-state index in [1.807, 2.05) is 13.8 Å². The summed E-state index contributed by atoms with van der Waals surface area (Å²) in [7, 11) is 1.77. The summed E-state index contributed by atoms with van der Waals surface area (Å²) < 4.78 is 10.3. The van der Waals surface area contributed by atoms with E-state index in [4.69, 9.17) is 21.1 Å². The first kappa shape index (κ1) is 10.2. The average molecular weight is 178 g/mol. The normalized spacial score (nSPS) is 12.1. The van der Waals surface area contributed by atoms with Crippen molar-refractivity contribution in [3.8, 4) is 0 Å². The lowest BCUT2D eigenvalue weighted by Crippen LogP contribution is -2.33. The Morgan fingerprint density at radius 3 is 1.80 bits per heavy atom. The van der Waals surface area contributed by atoms with Gasteiger partial charge in [0.15, 0.2) is 0 Å². The summed E-state index contributed by atoms with van der Waals surface area (Å²) in [4.78, 5) is 0. The van der Waals surface area contributed by atoms with Crippen LogP contribution >= 0.6 is 12.2 Å². The molecule has 0 aromatic rings. The van der Waals surface area contributed by atoms with Crippen LogP contribution < -0.4 is 0 Å². The van der Waals surface area contributed by atoms with Gasteiger partial charge in [-0.15, -0.1) is 0 Å². The van der Waals surface area contributed by atoms with Crippen LogP contribution in [0.5, 0.6) is 0 Å². The van der Waals surface area contributed by atoms with Gasteiger partial charge in [-0.1, -0.05) is 26.1 Å². The zero-order valence-electron chi connectivity index (χ0n) is 6.88. The van der Waals surface area contributed by atoms with E-state index in [0.29, 0.717) is 0 Å². The summed E-state index contributed by atoms with van der Waals surface area (Å²) in [6, 6.07) is 0.